The number of rotatable bonds is 3. The number of nitrogens with two attached hydrogens (primary N) is 1. The van der Waals surface area contributed by atoms with Crippen molar-refractivity contribution < 1.29 is 14.8 Å². The molecular formula is C27H27N2O2+. The van der Waals surface area contributed by atoms with Gasteiger partial charge in [-0.15, -0.1) is 0 Å². The molecule has 156 valence electrons. The zero-order chi connectivity index (χ0) is 21.0. The van der Waals surface area contributed by atoms with Gasteiger partial charge in [0.1, 0.15) is 0 Å². The van der Waals surface area contributed by atoms with E-state index in [4.69, 9.17) is 9.47 Å². The minimum atomic E-state index is -0.0481. The molecule has 0 unspecified atom stereocenters. The lowest BCUT2D eigenvalue weighted by Gasteiger charge is -2.36. The van der Waals surface area contributed by atoms with Gasteiger partial charge in [0, 0.05) is 34.0 Å². The quantitative estimate of drug-likeness (QED) is 0.534. The van der Waals surface area contributed by atoms with Crippen LogP contribution in [0.15, 0.2) is 66.7 Å². The molecule has 31 heavy (non-hydrogen) atoms. The average Bonchev–Trinajstić information content (AvgIpc) is 3.39. The second kappa shape index (κ2) is 6.89. The number of aromatic nitrogens is 1. The molecule has 0 bridgehead atoms. The number of hydrogen-bond donors (Lipinski definition) is 2. The number of para-hydroxylation sites is 2. The van der Waals surface area contributed by atoms with E-state index in [0.29, 0.717) is 0 Å². The maximum absolute atomic E-state index is 5.85. The fourth-order valence-corrected chi connectivity index (χ4v) is 6.00. The Morgan fingerprint density at radius 1 is 0.935 bits per heavy atom. The standard InChI is InChI=1S/C27H26N2O2/c1-30-23-13-7-10-18(25(23)31-2)20-16-28-27(15-14-17-8-3-5-11-21(17)27)26-24(20)19-9-4-6-12-22(19)29-26/h3-13,20,28-29H,14-16H2,1-2H3/p+1/t20-,27+/m0/s1. The van der Waals surface area contributed by atoms with Gasteiger partial charge in [-0.25, -0.2) is 0 Å². The lowest BCUT2D eigenvalue weighted by Crippen LogP contribution is -2.97. The Balaban J connectivity index is 1.62. The molecule has 4 heteroatoms. The summed E-state index contributed by atoms with van der Waals surface area (Å²) in [4.78, 5) is 3.85. The molecule has 0 fully saturated rings. The van der Waals surface area contributed by atoms with Crippen LogP contribution in [0.2, 0.25) is 0 Å². The van der Waals surface area contributed by atoms with Crippen LogP contribution < -0.4 is 14.8 Å². The first-order valence-electron chi connectivity index (χ1n) is 11.0. The highest BCUT2D eigenvalue weighted by molar-refractivity contribution is 5.87. The van der Waals surface area contributed by atoms with E-state index in [2.05, 4.69) is 71.0 Å². The van der Waals surface area contributed by atoms with E-state index < -0.39 is 0 Å². The number of aromatic amines is 1. The second-order valence-electron chi connectivity index (χ2n) is 8.66. The van der Waals surface area contributed by atoms with Gasteiger partial charge in [-0.2, -0.15) is 0 Å². The molecule has 3 aromatic carbocycles. The third-order valence-corrected chi connectivity index (χ3v) is 7.34. The van der Waals surface area contributed by atoms with Crippen molar-refractivity contribution in [1.29, 1.82) is 0 Å². The largest absolute Gasteiger partial charge is 0.493 e. The molecule has 0 amide bonds. The summed E-state index contributed by atoms with van der Waals surface area (Å²) in [7, 11) is 3.44. The molecule has 4 aromatic rings. The summed E-state index contributed by atoms with van der Waals surface area (Å²) in [6.07, 6.45) is 2.24. The van der Waals surface area contributed by atoms with Crippen LogP contribution in [0.3, 0.4) is 0 Å². The number of quaternary nitrogens is 1. The third-order valence-electron chi connectivity index (χ3n) is 7.34. The number of H-pyrrole nitrogens is 1. The van der Waals surface area contributed by atoms with Crippen LogP contribution in [0.5, 0.6) is 11.5 Å². The van der Waals surface area contributed by atoms with Crippen LogP contribution in [0.1, 0.15) is 40.3 Å². The molecule has 4 nitrogen and oxygen atoms in total. The first kappa shape index (κ1) is 18.5. The fourth-order valence-electron chi connectivity index (χ4n) is 6.00. The molecule has 0 saturated heterocycles. The number of benzene rings is 3. The second-order valence-corrected chi connectivity index (χ2v) is 8.66. The van der Waals surface area contributed by atoms with Crippen LogP contribution >= 0.6 is 0 Å². The number of aryl methyl sites for hydroxylation is 1. The normalized spacial score (nSPS) is 21.8. The van der Waals surface area contributed by atoms with Crippen molar-refractivity contribution in [3.8, 4) is 11.5 Å². The van der Waals surface area contributed by atoms with Crippen LogP contribution in [0.4, 0.5) is 0 Å². The molecule has 1 aromatic heterocycles. The molecule has 0 saturated carbocycles. The van der Waals surface area contributed by atoms with E-state index >= 15 is 0 Å². The lowest BCUT2D eigenvalue weighted by molar-refractivity contribution is -0.731. The smallest absolute Gasteiger partial charge is 0.164 e. The van der Waals surface area contributed by atoms with E-state index in [0.717, 1.165) is 30.9 Å². The number of ether oxygens (including phenoxy) is 2. The van der Waals surface area contributed by atoms with E-state index in [9.17, 15) is 0 Å². The van der Waals surface area contributed by atoms with Gasteiger partial charge in [0.2, 0.25) is 0 Å². The summed E-state index contributed by atoms with van der Waals surface area (Å²) in [5.74, 6) is 1.84. The Bertz CT molecular complexity index is 1290. The molecule has 1 aliphatic carbocycles. The highest BCUT2D eigenvalue weighted by Gasteiger charge is 2.51. The highest BCUT2D eigenvalue weighted by Crippen LogP contribution is 2.49. The first-order chi connectivity index (χ1) is 15.3. The monoisotopic (exact) mass is 411 g/mol. The summed E-state index contributed by atoms with van der Waals surface area (Å²) >= 11 is 0. The van der Waals surface area contributed by atoms with Crippen molar-refractivity contribution in [2.45, 2.75) is 24.3 Å². The maximum atomic E-state index is 5.85. The molecular weight excluding hydrogens is 384 g/mol. The molecule has 2 heterocycles. The van der Waals surface area contributed by atoms with E-state index in [1.54, 1.807) is 14.2 Å². The summed E-state index contributed by atoms with van der Waals surface area (Å²) in [6, 6.07) is 23.9. The molecule has 3 N–H and O–H groups in total. The minimum Gasteiger partial charge on any atom is -0.493 e. The average molecular weight is 412 g/mol. The van der Waals surface area contributed by atoms with Gasteiger partial charge in [-0.05, 0) is 24.1 Å². The first-order valence-corrected chi connectivity index (χ1v) is 11.0. The predicted molar refractivity (Wildman–Crippen MR) is 122 cm³/mol. The van der Waals surface area contributed by atoms with Crippen molar-refractivity contribution in [3.05, 3.63) is 94.7 Å². The highest BCUT2D eigenvalue weighted by atomic mass is 16.5. The summed E-state index contributed by atoms with van der Waals surface area (Å²) in [6.45, 7) is 0.965. The van der Waals surface area contributed by atoms with Crippen molar-refractivity contribution >= 4 is 10.9 Å². The van der Waals surface area contributed by atoms with Crippen LogP contribution in [-0.2, 0) is 12.0 Å². The Hall–Kier alpha value is -3.24. The molecule has 6 rings (SSSR count). The van der Waals surface area contributed by atoms with Crippen LogP contribution in [-0.4, -0.2) is 25.7 Å². The van der Waals surface area contributed by atoms with Gasteiger partial charge in [0.05, 0.1) is 32.4 Å². The summed E-state index contributed by atoms with van der Waals surface area (Å²) in [5.41, 5.74) is 8.03. The van der Waals surface area contributed by atoms with Gasteiger partial charge in [-0.3, -0.25) is 0 Å². The SMILES string of the molecule is COc1cccc([C@@H]2C[NH2+][C@@]3(CCc4ccccc43)c3[nH]c4ccccc4c32)c1OC. The molecule has 1 spiro atoms. The summed E-state index contributed by atoms with van der Waals surface area (Å²) < 4.78 is 11.5. The molecule has 0 radical (unpaired) electrons. The van der Waals surface area contributed by atoms with Gasteiger partial charge < -0.3 is 19.8 Å². The predicted octanol–water partition coefficient (Wildman–Crippen LogP) is 4.08. The fraction of sp³-hybridized carbons (Fsp3) is 0.259. The number of hydrogen-bond acceptors (Lipinski definition) is 2. The Labute approximate surface area is 182 Å². The summed E-state index contributed by atoms with van der Waals surface area (Å²) in [5, 5.41) is 3.87. The van der Waals surface area contributed by atoms with Crippen molar-refractivity contribution in [1.82, 2.24) is 4.98 Å². The van der Waals surface area contributed by atoms with Crippen molar-refractivity contribution in [2.75, 3.05) is 20.8 Å². The Morgan fingerprint density at radius 2 is 1.77 bits per heavy atom. The van der Waals surface area contributed by atoms with Crippen LogP contribution in [0.25, 0.3) is 10.9 Å². The third kappa shape index (κ3) is 2.52. The molecule has 2 atom stereocenters. The van der Waals surface area contributed by atoms with Gasteiger partial charge in [0.15, 0.2) is 17.0 Å². The minimum absolute atomic E-state index is 0.0481. The van der Waals surface area contributed by atoms with E-state index in [1.807, 2.05) is 6.07 Å². The van der Waals surface area contributed by atoms with Gasteiger partial charge >= 0.3 is 0 Å². The van der Waals surface area contributed by atoms with Crippen LogP contribution in [0, 0.1) is 0 Å². The maximum Gasteiger partial charge on any atom is 0.164 e. The number of nitrogens with one attached hydrogen (secondary N) is 1. The number of methoxy groups -OCH3 is 2. The van der Waals surface area contributed by atoms with Gasteiger partial charge in [-0.1, -0.05) is 54.6 Å². The van der Waals surface area contributed by atoms with Crippen molar-refractivity contribution in [2.24, 2.45) is 0 Å². The van der Waals surface area contributed by atoms with E-state index in [1.165, 1.54) is 38.9 Å². The molecule has 1 aliphatic heterocycles. The van der Waals surface area contributed by atoms with Crippen molar-refractivity contribution in [3.63, 3.8) is 0 Å². The Morgan fingerprint density at radius 3 is 2.65 bits per heavy atom. The van der Waals surface area contributed by atoms with Gasteiger partial charge in [0.25, 0.3) is 0 Å². The molecule has 2 aliphatic rings. The Kier molecular flexibility index (Phi) is 4.12. The zero-order valence-corrected chi connectivity index (χ0v) is 17.9. The lowest BCUT2D eigenvalue weighted by atomic mass is 9.76. The topological polar surface area (TPSA) is 50.9 Å². The zero-order valence-electron chi connectivity index (χ0n) is 17.9. The number of fused-ring (bicyclic) bond motifs is 6. The van der Waals surface area contributed by atoms with E-state index in [-0.39, 0.29) is 11.5 Å².